The Bertz CT molecular complexity index is 1490. The SMILES string of the molecule is Clc1cccc2c1c1ccc3ccccc3c1c1nc3ccccc3n21. The van der Waals surface area contributed by atoms with E-state index in [1.807, 2.05) is 18.2 Å². The third kappa shape index (κ3) is 1.69. The van der Waals surface area contributed by atoms with Gasteiger partial charge in [-0.05, 0) is 40.4 Å². The second-order valence-corrected chi connectivity index (χ2v) is 7.01. The number of hydrogen-bond donors (Lipinski definition) is 0. The number of imidazole rings is 1. The van der Waals surface area contributed by atoms with Gasteiger partial charge < -0.3 is 0 Å². The molecule has 0 saturated heterocycles. The number of pyridine rings is 1. The summed E-state index contributed by atoms with van der Waals surface area (Å²) in [6.45, 7) is 0. The number of halogens is 1. The van der Waals surface area contributed by atoms with Crippen LogP contribution in [-0.2, 0) is 0 Å². The van der Waals surface area contributed by atoms with Gasteiger partial charge in [-0.3, -0.25) is 4.40 Å². The molecule has 3 heteroatoms. The van der Waals surface area contributed by atoms with E-state index >= 15 is 0 Å². The van der Waals surface area contributed by atoms with Gasteiger partial charge in [0.25, 0.3) is 0 Å². The highest BCUT2D eigenvalue weighted by atomic mass is 35.5. The summed E-state index contributed by atoms with van der Waals surface area (Å²) < 4.78 is 2.24. The zero-order valence-corrected chi connectivity index (χ0v) is 14.5. The van der Waals surface area contributed by atoms with Gasteiger partial charge in [-0.2, -0.15) is 0 Å². The third-order valence-corrected chi connectivity index (χ3v) is 5.53. The molecule has 2 aromatic heterocycles. The van der Waals surface area contributed by atoms with Gasteiger partial charge in [-0.25, -0.2) is 4.98 Å². The molecule has 0 fully saturated rings. The second-order valence-electron chi connectivity index (χ2n) is 6.60. The normalized spacial score (nSPS) is 12.0. The number of fused-ring (bicyclic) bond motifs is 10. The lowest BCUT2D eigenvalue weighted by Crippen LogP contribution is -1.92. The van der Waals surface area contributed by atoms with Crippen molar-refractivity contribution in [1.29, 1.82) is 0 Å². The van der Waals surface area contributed by atoms with Crippen LogP contribution in [0.2, 0.25) is 5.02 Å². The highest BCUT2D eigenvalue weighted by molar-refractivity contribution is 6.39. The van der Waals surface area contributed by atoms with Crippen molar-refractivity contribution < 1.29 is 0 Å². The first kappa shape index (κ1) is 14.1. The van der Waals surface area contributed by atoms with E-state index in [9.17, 15) is 0 Å². The van der Waals surface area contributed by atoms with Crippen molar-refractivity contribution in [1.82, 2.24) is 9.38 Å². The zero-order chi connectivity index (χ0) is 17.3. The first-order chi connectivity index (χ1) is 12.8. The minimum absolute atomic E-state index is 0.766. The highest BCUT2D eigenvalue weighted by Crippen LogP contribution is 2.38. The Hall–Kier alpha value is -3.10. The lowest BCUT2D eigenvalue weighted by Gasteiger charge is -2.12. The Labute approximate surface area is 154 Å². The van der Waals surface area contributed by atoms with Crippen LogP contribution >= 0.6 is 11.6 Å². The molecule has 0 radical (unpaired) electrons. The van der Waals surface area contributed by atoms with Gasteiger partial charge in [-0.1, -0.05) is 66.2 Å². The second kappa shape index (κ2) is 4.96. The average Bonchev–Trinajstić information content (AvgIpc) is 3.07. The summed E-state index contributed by atoms with van der Waals surface area (Å²) in [6, 6.07) is 27.2. The molecular weight excluding hydrogens is 340 g/mol. The van der Waals surface area contributed by atoms with Crippen molar-refractivity contribution in [3.8, 4) is 0 Å². The van der Waals surface area contributed by atoms with Crippen LogP contribution in [-0.4, -0.2) is 9.38 Å². The predicted octanol–water partition coefficient (Wildman–Crippen LogP) is 6.60. The number of hydrogen-bond acceptors (Lipinski definition) is 1. The summed E-state index contributed by atoms with van der Waals surface area (Å²) in [5.74, 6) is 0. The first-order valence-corrected chi connectivity index (χ1v) is 8.99. The highest BCUT2D eigenvalue weighted by Gasteiger charge is 2.16. The standard InChI is InChI=1S/C23H13ClN2/c24-17-8-5-11-20-22(17)16-13-12-14-6-1-2-7-15(14)21(16)23-25-18-9-3-4-10-19(18)26(20)23/h1-13H. The van der Waals surface area contributed by atoms with Crippen LogP contribution in [0.5, 0.6) is 0 Å². The van der Waals surface area contributed by atoms with Gasteiger partial charge in [0.2, 0.25) is 0 Å². The summed E-state index contributed by atoms with van der Waals surface area (Å²) in [6.07, 6.45) is 0. The number of rotatable bonds is 0. The van der Waals surface area contributed by atoms with E-state index in [1.54, 1.807) is 0 Å². The molecule has 2 nitrogen and oxygen atoms in total. The smallest absolute Gasteiger partial charge is 0.147 e. The van der Waals surface area contributed by atoms with Gasteiger partial charge in [0, 0.05) is 10.8 Å². The summed E-state index contributed by atoms with van der Waals surface area (Å²) in [5.41, 5.74) is 4.16. The van der Waals surface area contributed by atoms with E-state index in [1.165, 1.54) is 10.8 Å². The summed E-state index contributed by atoms with van der Waals surface area (Å²) in [4.78, 5) is 4.99. The van der Waals surface area contributed by atoms with E-state index in [0.29, 0.717) is 0 Å². The Balaban J connectivity index is 2.09. The van der Waals surface area contributed by atoms with E-state index in [4.69, 9.17) is 16.6 Å². The molecule has 0 aliphatic carbocycles. The molecule has 0 saturated carbocycles. The predicted molar refractivity (Wildman–Crippen MR) is 110 cm³/mol. The maximum atomic E-state index is 6.67. The van der Waals surface area contributed by atoms with Gasteiger partial charge in [0.05, 0.1) is 21.6 Å². The molecule has 2 heterocycles. The molecular formula is C23H13ClN2. The van der Waals surface area contributed by atoms with Crippen LogP contribution in [0.4, 0.5) is 0 Å². The molecule has 122 valence electrons. The number of benzene rings is 4. The van der Waals surface area contributed by atoms with Crippen LogP contribution in [0.3, 0.4) is 0 Å². The first-order valence-electron chi connectivity index (χ1n) is 8.62. The molecule has 0 aliphatic rings. The zero-order valence-electron chi connectivity index (χ0n) is 13.8. The maximum Gasteiger partial charge on any atom is 0.147 e. The minimum atomic E-state index is 0.766. The van der Waals surface area contributed by atoms with Gasteiger partial charge in [-0.15, -0.1) is 0 Å². The van der Waals surface area contributed by atoms with Crippen molar-refractivity contribution in [2.75, 3.05) is 0 Å². The summed E-state index contributed by atoms with van der Waals surface area (Å²) >= 11 is 6.67. The molecule has 0 atom stereocenters. The number of para-hydroxylation sites is 2. The quantitative estimate of drug-likeness (QED) is 0.281. The number of nitrogens with zero attached hydrogens (tertiary/aromatic N) is 2. The minimum Gasteiger partial charge on any atom is -0.292 e. The lowest BCUT2D eigenvalue weighted by atomic mass is 9.99. The largest absolute Gasteiger partial charge is 0.292 e. The Morgan fingerprint density at radius 3 is 2.42 bits per heavy atom. The number of aromatic nitrogens is 2. The fourth-order valence-electron chi connectivity index (χ4n) is 4.12. The van der Waals surface area contributed by atoms with Gasteiger partial charge in [0.15, 0.2) is 0 Å². The maximum absolute atomic E-state index is 6.67. The van der Waals surface area contributed by atoms with Crippen LogP contribution in [0.1, 0.15) is 0 Å². The van der Waals surface area contributed by atoms with Crippen LogP contribution in [0, 0.1) is 0 Å². The van der Waals surface area contributed by atoms with Crippen LogP contribution in [0.15, 0.2) is 78.9 Å². The molecule has 0 aliphatic heterocycles. The van der Waals surface area contributed by atoms with Crippen molar-refractivity contribution in [2.45, 2.75) is 0 Å². The molecule has 0 bridgehead atoms. The Kier molecular flexibility index (Phi) is 2.69. The van der Waals surface area contributed by atoms with Crippen LogP contribution in [0.25, 0.3) is 49.1 Å². The van der Waals surface area contributed by atoms with Crippen molar-refractivity contribution in [3.05, 3.63) is 83.9 Å². The molecule has 0 amide bonds. The molecule has 0 N–H and O–H groups in total. The monoisotopic (exact) mass is 352 g/mol. The molecule has 0 spiro atoms. The third-order valence-electron chi connectivity index (χ3n) is 5.22. The van der Waals surface area contributed by atoms with E-state index in [0.717, 1.165) is 43.4 Å². The van der Waals surface area contributed by atoms with E-state index in [-0.39, 0.29) is 0 Å². The van der Waals surface area contributed by atoms with Gasteiger partial charge in [0.1, 0.15) is 5.65 Å². The van der Waals surface area contributed by atoms with E-state index < -0.39 is 0 Å². The molecule has 26 heavy (non-hydrogen) atoms. The molecule has 6 aromatic rings. The fraction of sp³-hybridized carbons (Fsp3) is 0. The van der Waals surface area contributed by atoms with Crippen molar-refractivity contribution in [3.63, 3.8) is 0 Å². The Morgan fingerprint density at radius 2 is 1.46 bits per heavy atom. The summed E-state index contributed by atoms with van der Waals surface area (Å²) in [7, 11) is 0. The Morgan fingerprint density at radius 1 is 0.654 bits per heavy atom. The lowest BCUT2D eigenvalue weighted by molar-refractivity contribution is 1.32. The van der Waals surface area contributed by atoms with E-state index in [2.05, 4.69) is 65.1 Å². The average molecular weight is 353 g/mol. The molecule has 0 unspecified atom stereocenters. The van der Waals surface area contributed by atoms with Crippen LogP contribution < -0.4 is 0 Å². The van der Waals surface area contributed by atoms with Crippen molar-refractivity contribution >= 4 is 60.7 Å². The van der Waals surface area contributed by atoms with Gasteiger partial charge >= 0.3 is 0 Å². The van der Waals surface area contributed by atoms with Crippen molar-refractivity contribution in [2.24, 2.45) is 0 Å². The molecule has 4 aromatic carbocycles. The fourth-order valence-corrected chi connectivity index (χ4v) is 4.40. The summed E-state index contributed by atoms with van der Waals surface area (Å²) in [5, 5.41) is 6.55. The topological polar surface area (TPSA) is 17.3 Å². The molecule has 6 rings (SSSR count).